The van der Waals surface area contributed by atoms with Crippen LogP contribution < -0.4 is 0 Å². The van der Waals surface area contributed by atoms with E-state index in [4.69, 9.17) is 0 Å². The van der Waals surface area contributed by atoms with Crippen molar-refractivity contribution in [2.24, 2.45) is 0 Å². The molecule has 0 saturated carbocycles. The average Bonchev–Trinajstić information content (AvgIpc) is 3.31. The molecule has 0 saturated heterocycles. The van der Waals surface area contributed by atoms with E-state index in [1.807, 2.05) is 30.6 Å². The quantitative estimate of drug-likeness (QED) is 0.336. The summed E-state index contributed by atoms with van der Waals surface area (Å²) in [7, 11) is 0. The van der Waals surface area contributed by atoms with E-state index in [1.165, 1.54) is 22.3 Å². The highest BCUT2D eigenvalue weighted by molar-refractivity contribution is 5.76. The smallest absolute Gasteiger partial charge is 0.144 e. The Morgan fingerprint density at radius 3 is 1.48 bits per heavy atom. The zero-order chi connectivity index (χ0) is 19.5. The second-order valence-corrected chi connectivity index (χ2v) is 6.99. The second kappa shape index (κ2) is 7.61. The fourth-order valence-corrected chi connectivity index (χ4v) is 3.66. The van der Waals surface area contributed by atoms with Crippen molar-refractivity contribution in [3.63, 3.8) is 0 Å². The zero-order valence-electron chi connectivity index (χ0n) is 15.9. The maximum atomic E-state index is 4.63. The predicted octanol–water partition coefficient (Wildman–Crippen LogP) is 6.87. The molecule has 0 amide bonds. The summed E-state index contributed by atoms with van der Waals surface area (Å²) in [4.78, 5) is 4.63. The van der Waals surface area contributed by atoms with Crippen LogP contribution in [-0.4, -0.2) is 9.55 Å². The number of hydrogen-bond acceptors (Lipinski definition) is 1. The summed E-state index contributed by atoms with van der Waals surface area (Å²) < 4.78 is 2.16. The molecule has 4 aromatic carbocycles. The van der Waals surface area contributed by atoms with E-state index in [9.17, 15) is 0 Å². The van der Waals surface area contributed by atoms with Gasteiger partial charge in [0.05, 0.1) is 0 Å². The molecule has 29 heavy (non-hydrogen) atoms. The Morgan fingerprint density at radius 2 is 0.966 bits per heavy atom. The number of rotatable bonds is 4. The van der Waals surface area contributed by atoms with Crippen molar-refractivity contribution in [2.45, 2.75) is 0 Å². The molecule has 0 aliphatic carbocycles. The standard InChI is InChI=1S/C27H20N2/c1-4-10-21(11-5-1)24-18-25(22-12-6-2-7-13-22)20-26(19-24)29-17-16-28-27(29)23-14-8-3-9-15-23/h1-20H. The lowest BCUT2D eigenvalue weighted by Gasteiger charge is -2.13. The van der Waals surface area contributed by atoms with Gasteiger partial charge in [-0.3, -0.25) is 4.57 Å². The molecule has 0 unspecified atom stereocenters. The van der Waals surface area contributed by atoms with Crippen LogP contribution in [0.3, 0.4) is 0 Å². The Morgan fingerprint density at radius 1 is 0.483 bits per heavy atom. The lowest BCUT2D eigenvalue weighted by Crippen LogP contribution is -1.97. The molecule has 5 aromatic rings. The van der Waals surface area contributed by atoms with Gasteiger partial charge in [0.1, 0.15) is 5.82 Å². The lowest BCUT2D eigenvalue weighted by atomic mass is 9.98. The molecule has 2 heteroatoms. The molecule has 5 rings (SSSR count). The molecule has 0 aliphatic heterocycles. The van der Waals surface area contributed by atoms with Crippen LogP contribution in [0.25, 0.3) is 39.3 Å². The van der Waals surface area contributed by atoms with E-state index < -0.39 is 0 Å². The molecule has 0 N–H and O–H groups in total. The van der Waals surface area contributed by atoms with Crippen LogP contribution >= 0.6 is 0 Å². The molecule has 0 spiro atoms. The van der Waals surface area contributed by atoms with E-state index in [2.05, 4.69) is 101 Å². The molecule has 0 aliphatic rings. The highest BCUT2D eigenvalue weighted by Crippen LogP contribution is 2.31. The van der Waals surface area contributed by atoms with Gasteiger partial charge in [0, 0.05) is 23.6 Å². The predicted molar refractivity (Wildman–Crippen MR) is 120 cm³/mol. The van der Waals surface area contributed by atoms with Gasteiger partial charge in [-0.1, -0.05) is 91.0 Å². The van der Waals surface area contributed by atoms with Crippen LogP contribution in [-0.2, 0) is 0 Å². The molecule has 0 radical (unpaired) electrons. The largest absolute Gasteiger partial charge is 0.300 e. The molecular formula is C27H20N2. The number of imidazole rings is 1. The molecular weight excluding hydrogens is 352 g/mol. The second-order valence-electron chi connectivity index (χ2n) is 6.99. The topological polar surface area (TPSA) is 17.8 Å². The Balaban J connectivity index is 1.71. The minimum absolute atomic E-state index is 0.940. The first kappa shape index (κ1) is 17.2. The molecule has 0 atom stereocenters. The SMILES string of the molecule is c1ccc(-c2cc(-c3ccccc3)cc(-n3ccnc3-c3ccccc3)c2)cc1. The van der Waals surface area contributed by atoms with E-state index >= 15 is 0 Å². The summed E-state index contributed by atoms with van der Waals surface area (Å²) >= 11 is 0. The fraction of sp³-hybridized carbons (Fsp3) is 0. The van der Waals surface area contributed by atoms with Gasteiger partial charge in [-0.05, 0) is 40.5 Å². The summed E-state index contributed by atoms with van der Waals surface area (Å²) in [6, 6.07) is 38.1. The molecule has 2 nitrogen and oxygen atoms in total. The van der Waals surface area contributed by atoms with E-state index in [1.54, 1.807) is 0 Å². The van der Waals surface area contributed by atoms with Gasteiger partial charge >= 0.3 is 0 Å². The minimum atomic E-state index is 0.940. The van der Waals surface area contributed by atoms with Crippen LogP contribution in [0, 0.1) is 0 Å². The number of benzene rings is 4. The van der Waals surface area contributed by atoms with Gasteiger partial charge in [0.15, 0.2) is 0 Å². The fourth-order valence-electron chi connectivity index (χ4n) is 3.66. The molecule has 0 bridgehead atoms. The minimum Gasteiger partial charge on any atom is -0.300 e. The molecule has 1 aromatic heterocycles. The van der Waals surface area contributed by atoms with E-state index in [-0.39, 0.29) is 0 Å². The van der Waals surface area contributed by atoms with E-state index in [0.717, 1.165) is 17.1 Å². The van der Waals surface area contributed by atoms with Gasteiger partial charge in [-0.2, -0.15) is 0 Å². The van der Waals surface area contributed by atoms with Crippen molar-refractivity contribution < 1.29 is 0 Å². The summed E-state index contributed by atoms with van der Waals surface area (Å²) in [5, 5.41) is 0. The van der Waals surface area contributed by atoms with Gasteiger partial charge in [0.25, 0.3) is 0 Å². The molecule has 0 fully saturated rings. The van der Waals surface area contributed by atoms with Crippen molar-refractivity contribution in [3.05, 3.63) is 122 Å². The first-order valence-corrected chi connectivity index (χ1v) is 9.73. The lowest BCUT2D eigenvalue weighted by molar-refractivity contribution is 1.07. The Hall–Kier alpha value is -3.91. The monoisotopic (exact) mass is 372 g/mol. The first-order chi connectivity index (χ1) is 14.4. The van der Waals surface area contributed by atoms with Crippen molar-refractivity contribution >= 4 is 0 Å². The van der Waals surface area contributed by atoms with Crippen LogP contribution in [0.2, 0.25) is 0 Å². The third-order valence-electron chi connectivity index (χ3n) is 5.08. The van der Waals surface area contributed by atoms with Crippen LogP contribution in [0.15, 0.2) is 122 Å². The molecule has 138 valence electrons. The van der Waals surface area contributed by atoms with Crippen molar-refractivity contribution in [2.75, 3.05) is 0 Å². The zero-order valence-corrected chi connectivity index (χ0v) is 15.9. The average molecular weight is 372 g/mol. The summed E-state index contributed by atoms with van der Waals surface area (Å²) in [6.07, 6.45) is 3.89. The number of hydrogen-bond donors (Lipinski definition) is 0. The van der Waals surface area contributed by atoms with Gasteiger partial charge in [-0.15, -0.1) is 0 Å². The van der Waals surface area contributed by atoms with Gasteiger partial charge < -0.3 is 0 Å². The highest BCUT2D eigenvalue weighted by atomic mass is 15.1. The third-order valence-corrected chi connectivity index (χ3v) is 5.08. The van der Waals surface area contributed by atoms with Crippen LogP contribution in [0.5, 0.6) is 0 Å². The maximum Gasteiger partial charge on any atom is 0.144 e. The van der Waals surface area contributed by atoms with E-state index in [0.29, 0.717) is 0 Å². The maximum absolute atomic E-state index is 4.63. The van der Waals surface area contributed by atoms with Gasteiger partial charge in [0.2, 0.25) is 0 Å². The number of aromatic nitrogens is 2. The summed E-state index contributed by atoms with van der Waals surface area (Å²) in [5.74, 6) is 0.940. The van der Waals surface area contributed by atoms with Crippen LogP contribution in [0.1, 0.15) is 0 Å². The van der Waals surface area contributed by atoms with Crippen LogP contribution in [0.4, 0.5) is 0 Å². The van der Waals surface area contributed by atoms with Crippen molar-refractivity contribution in [1.29, 1.82) is 0 Å². The number of nitrogens with zero attached hydrogens (tertiary/aromatic N) is 2. The first-order valence-electron chi connectivity index (χ1n) is 9.73. The Labute approximate surface area is 170 Å². The summed E-state index contributed by atoms with van der Waals surface area (Å²) in [5.41, 5.74) is 6.98. The Bertz CT molecular complexity index is 1170. The molecule has 1 heterocycles. The summed E-state index contributed by atoms with van der Waals surface area (Å²) in [6.45, 7) is 0. The van der Waals surface area contributed by atoms with Gasteiger partial charge in [-0.25, -0.2) is 4.98 Å². The van der Waals surface area contributed by atoms with Crippen molar-refractivity contribution in [1.82, 2.24) is 9.55 Å². The Kier molecular flexibility index (Phi) is 4.51. The van der Waals surface area contributed by atoms with Crippen molar-refractivity contribution in [3.8, 4) is 39.3 Å². The third kappa shape index (κ3) is 3.48. The normalized spacial score (nSPS) is 10.8. The highest BCUT2D eigenvalue weighted by Gasteiger charge is 2.11.